The maximum Gasteiger partial charge on any atom is 0.317 e. The second kappa shape index (κ2) is 7.36. The smallest absolute Gasteiger partial charge is 0.317 e. The lowest BCUT2D eigenvalue weighted by Gasteiger charge is -2.31. The van der Waals surface area contributed by atoms with Crippen molar-refractivity contribution < 1.29 is 14.7 Å². The van der Waals surface area contributed by atoms with Crippen LogP contribution < -0.4 is 5.32 Å². The van der Waals surface area contributed by atoms with Gasteiger partial charge in [0.25, 0.3) is 0 Å². The Balaban J connectivity index is 2.44. The fraction of sp³-hybridized carbons (Fsp3) is 0.857. The number of carbonyl (C=O) groups excluding carboxylic acids is 1. The van der Waals surface area contributed by atoms with E-state index < -0.39 is 11.5 Å². The number of carbonyl (C=O) groups is 2. The molecule has 110 valence electrons. The number of amides is 2. The lowest BCUT2D eigenvalue weighted by atomic mass is 9.98. The molecule has 1 aliphatic heterocycles. The largest absolute Gasteiger partial charge is 0.481 e. The average molecular weight is 270 g/mol. The van der Waals surface area contributed by atoms with Crippen molar-refractivity contribution in [2.24, 2.45) is 0 Å². The molecule has 0 atom stereocenters. The molecule has 0 aromatic rings. The third-order valence-corrected chi connectivity index (χ3v) is 3.55. The van der Waals surface area contributed by atoms with Gasteiger partial charge in [-0.3, -0.25) is 4.79 Å². The van der Waals surface area contributed by atoms with Crippen LogP contribution in [0.5, 0.6) is 0 Å². The van der Waals surface area contributed by atoms with Gasteiger partial charge in [0.1, 0.15) is 0 Å². The highest BCUT2D eigenvalue weighted by atomic mass is 16.4. The Bertz CT molecular complexity index is 308. The van der Waals surface area contributed by atoms with Gasteiger partial charge < -0.3 is 15.3 Å². The summed E-state index contributed by atoms with van der Waals surface area (Å²) in [5.41, 5.74) is -0.474. The van der Waals surface area contributed by atoms with E-state index in [0.29, 0.717) is 6.42 Å². The van der Waals surface area contributed by atoms with Gasteiger partial charge in [0.2, 0.25) is 0 Å². The van der Waals surface area contributed by atoms with Gasteiger partial charge in [0.15, 0.2) is 0 Å². The molecule has 0 bridgehead atoms. The van der Waals surface area contributed by atoms with Crippen LogP contribution in [0.25, 0.3) is 0 Å². The van der Waals surface area contributed by atoms with Gasteiger partial charge in [-0.1, -0.05) is 19.3 Å². The zero-order chi connectivity index (χ0) is 14.3. The fourth-order valence-electron chi connectivity index (χ4n) is 2.30. The van der Waals surface area contributed by atoms with Crippen molar-refractivity contribution in [3.63, 3.8) is 0 Å². The SMILES string of the molecule is CC(C)(CCC(=O)O)NC(=O)N1CCCCCCC1. The molecule has 1 saturated heterocycles. The van der Waals surface area contributed by atoms with Crippen LogP contribution in [-0.4, -0.2) is 40.6 Å². The summed E-state index contributed by atoms with van der Waals surface area (Å²) in [5.74, 6) is -0.825. The van der Waals surface area contributed by atoms with Crippen molar-refractivity contribution in [3.8, 4) is 0 Å². The van der Waals surface area contributed by atoms with Gasteiger partial charge in [0, 0.05) is 25.0 Å². The minimum Gasteiger partial charge on any atom is -0.481 e. The minimum absolute atomic E-state index is 0.0581. The fourth-order valence-corrected chi connectivity index (χ4v) is 2.30. The molecule has 0 aromatic carbocycles. The molecule has 1 fully saturated rings. The van der Waals surface area contributed by atoms with Crippen molar-refractivity contribution in [1.29, 1.82) is 0 Å². The third-order valence-electron chi connectivity index (χ3n) is 3.55. The second-order valence-electron chi connectivity index (χ2n) is 5.96. The first-order valence-corrected chi connectivity index (χ1v) is 7.20. The molecule has 0 aromatic heterocycles. The van der Waals surface area contributed by atoms with E-state index >= 15 is 0 Å². The van der Waals surface area contributed by atoms with Crippen LogP contribution >= 0.6 is 0 Å². The summed E-state index contributed by atoms with van der Waals surface area (Å²) in [5, 5.41) is 11.7. The van der Waals surface area contributed by atoms with Gasteiger partial charge >= 0.3 is 12.0 Å². The molecule has 1 aliphatic rings. The predicted octanol–water partition coefficient (Wildman–Crippen LogP) is 2.61. The van der Waals surface area contributed by atoms with E-state index in [4.69, 9.17) is 5.11 Å². The second-order valence-corrected chi connectivity index (χ2v) is 5.96. The van der Waals surface area contributed by atoms with E-state index in [0.717, 1.165) is 25.9 Å². The van der Waals surface area contributed by atoms with Crippen LogP contribution in [0.4, 0.5) is 4.79 Å². The van der Waals surface area contributed by atoms with Crippen molar-refractivity contribution in [2.75, 3.05) is 13.1 Å². The number of likely N-dealkylation sites (tertiary alicyclic amines) is 1. The summed E-state index contributed by atoms with van der Waals surface area (Å²) < 4.78 is 0. The van der Waals surface area contributed by atoms with E-state index in [-0.39, 0.29) is 12.5 Å². The van der Waals surface area contributed by atoms with Gasteiger partial charge in [-0.15, -0.1) is 0 Å². The van der Waals surface area contributed by atoms with Gasteiger partial charge in [-0.2, -0.15) is 0 Å². The quantitative estimate of drug-likeness (QED) is 0.825. The molecule has 2 amide bonds. The Kier molecular flexibility index (Phi) is 6.12. The standard InChI is InChI=1S/C14H26N2O3/c1-14(2,9-8-12(17)18)15-13(19)16-10-6-4-3-5-7-11-16/h3-11H2,1-2H3,(H,15,19)(H,17,18). The van der Waals surface area contributed by atoms with Gasteiger partial charge in [-0.05, 0) is 33.1 Å². The maximum atomic E-state index is 12.2. The molecule has 0 radical (unpaired) electrons. The predicted molar refractivity (Wildman–Crippen MR) is 74.1 cm³/mol. The van der Waals surface area contributed by atoms with Crippen molar-refractivity contribution >= 4 is 12.0 Å². The first kappa shape index (κ1) is 15.8. The van der Waals surface area contributed by atoms with Crippen LogP contribution in [0.15, 0.2) is 0 Å². The molecule has 5 heteroatoms. The molecular formula is C14H26N2O3. The molecule has 1 rings (SSSR count). The Morgan fingerprint density at radius 2 is 1.63 bits per heavy atom. The van der Waals surface area contributed by atoms with E-state index in [1.54, 1.807) is 0 Å². The highest BCUT2D eigenvalue weighted by molar-refractivity contribution is 5.75. The summed E-state index contributed by atoms with van der Waals surface area (Å²) >= 11 is 0. The number of aliphatic carboxylic acids is 1. The number of rotatable bonds is 4. The summed E-state index contributed by atoms with van der Waals surface area (Å²) in [6, 6.07) is -0.0581. The number of urea groups is 1. The van der Waals surface area contributed by atoms with Crippen LogP contribution in [0.1, 0.15) is 58.8 Å². The lowest BCUT2D eigenvalue weighted by molar-refractivity contribution is -0.137. The zero-order valence-corrected chi connectivity index (χ0v) is 12.1. The van der Waals surface area contributed by atoms with Gasteiger partial charge in [0.05, 0.1) is 0 Å². The number of nitrogens with one attached hydrogen (secondary N) is 1. The minimum atomic E-state index is -0.825. The van der Waals surface area contributed by atoms with Crippen LogP contribution in [0.3, 0.4) is 0 Å². The number of hydrogen-bond donors (Lipinski definition) is 2. The summed E-state index contributed by atoms with van der Waals surface area (Å²) in [4.78, 5) is 24.6. The maximum absolute atomic E-state index is 12.2. The molecule has 0 unspecified atom stereocenters. The average Bonchev–Trinajstić information content (AvgIpc) is 2.25. The zero-order valence-electron chi connectivity index (χ0n) is 12.1. The molecule has 2 N–H and O–H groups in total. The number of carboxylic acid groups (broad SMARTS) is 1. The van der Waals surface area contributed by atoms with E-state index in [2.05, 4.69) is 5.32 Å². The van der Waals surface area contributed by atoms with Crippen molar-refractivity contribution in [3.05, 3.63) is 0 Å². The first-order valence-electron chi connectivity index (χ1n) is 7.20. The Labute approximate surface area is 115 Å². The van der Waals surface area contributed by atoms with E-state index in [1.165, 1.54) is 19.3 Å². The molecule has 1 heterocycles. The topological polar surface area (TPSA) is 69.6 Å². The summed E-state index contributed by atoms with van der Waals surface area (Å²) in [7, 11) is 0. The highest BCUT2D eigenvalue weighted by Crippen LogP contribution is 2.14. The van der Waals surface area contributed by atoms with Gasteiger partial charge in [-0.25, -0.2) is 4.79 Å². The molecule has 5 nitrogen and oxygen atoms in total. The van der Waals surface area contributed by atoms with Crippen molar-refractivity contribution in [2.45, 2.75) is 64.3 Å². The number of carboxylic acids is 1. The lowest BCUT2D eigenvalue weighted by Crippen LogP contribution is -2.50. The van der Waals surface area contributed by atoms with Crippen molar-refractivity contribution in [1.82, 2.24) is 10.2 Å². The monoisotopic (exact) mass is 270 g/mol. The normalized spacial score (nSPS) is 17.5. The number of hydrogen-bond acceptors (Lipinski definition) is 2. The van der Waals surface area contributed by atoms with E-state index in [9.17, 15) is 9.59 Å². The summed E-state index contributed by atoms with van der Waals surface area (Å²) in [6.07, 6.45) is 6.28. The molecule has 0 aliphatic carbocycles. The van der Waals surface area contributed by atoms with E-state index in [1.807, 2.05) is 18.7 Å². The Morgan fingerprint density at radius 1 is 1.11 bits per heavy atom. The Morgan fingerprint density at radius 3 is 2.16 bits per heavy atom. The van der Waals surface area contributed by atoms with Crippen LogP contribution in [-0.2, 0) is 4.79 Å². The molecule has 19 heavy (non-hydrogen) atoms. The van der Waals surface area contributed by atoms with Crippen LogP contribution in [0.2, 0.25) is 0 Å². The number of nitrogens with zero attached hydrogens (tertiary/aromatic N) is 1. The Hall–Kier alpha value is -1.26. The van der Waals surface area contributed by atoms with Crippen LogP contribution in [0, 0.1) is 0 Å². The third kappa shape index (κ3) is 6.45. The summed E-state index contributed by atoms with van der Waals surface area (Å²) in [6.45, 7) is 5.36. The highest BCUT2D eigenvalue weighted by Gasteiger charge is 2.24. The molecule has 0 saturated carbocycles. The first-order chi connectivity index (χ1) is 8.91. The molecular weight excluding hydrogens is 244 g/mol. The molecule has 0 spiro atoms.